The van der Waals surface area contributed by atoms with Crippen LogP contribution in [-0.2, 0) is 6.54 Å². The lowest BCUT2D eigenvalue weighted by Gasteiger charge is -2.13. The molecule has 8 nitrogen and oxygen atoms in total. The summed E-state index contributed by atoms with van der Waals surface area (Å²) in [6.45, 7) is 4.22. The minimum Gasteiger partial charge on any atom is -0.382 e. The number of H-pyrrole nitrogens is 1. The van der Waals surface area contributed by atoms with Crippen LogP contribution in [0.15, 0.2) is 47.3 Å². The third kappa shape index (κ3) is 4.18. The molecule has 0 bridgehead atoms. The number of benzene rings is 2. The van der Waals surface area contributed by atoms with Gasteiger partial charge in [0.2, 0.25) is 0 Å². The molecular weight excluding hydrogens is 447 g/mol. The van der Waals surface area contributed by atoms with Crippen LogP contribution >= 0.6 is 0 Å². The molecule has 0 saturated heterocycles. The van der Waals surface area contributed by atoms with E-state index in [-0.39, 0.29) is 17.2 Å². The van der Waals surface area contributed by atoms with Gasteiger partial charge in [0.05, 0.1) is 11.4 Å². The normalized spacial score (nSPS) is 17.7. The molecule has 1 saturated carbocycles. The Morgan fingerprint density at radius 2 is 1.97 bits per heavy atom. The van der Waals surface area contributed by atoms with Crippen LogP contribution in [0.4, 0.5) is 10.2 Å². The van der Waals surface area contributed by atoms with Crippen molar-refractivity contribution in [2.75, 3.05) is 5.73 Å². The van der Waals surface area contributed by atoms with Crippen molar-refractivity contribution >= 4 is 22.6 Å². The number of fused-ring (bicyclic) bond motifs is 1. The lowest BCUT2D eigenvalue weighted by Crippen LogP contribution is -2.23. The Morgan fingerprint density at radius 3 is 2.69 bits per heavy atom. The number of hydrogen-bond acceptors (Lipinski definition) is 5. The number of halogens is 1. The van der Waals surface area contributed by atoms with Crippen LogP contribution < -0.4 is 16.6 Å². The molecule has 35 heavy (non-hydrogen) atoms. The first-order chi connectivity index (χ1) is 16.8. The number of aryl methyl sites for hydroxylation is 2. The van der Waals surface area contributed by atoms with Crippen molar-refractivity contribution in [2.24, 2.45) is 0 Å². The van der Waals surface area contributed by atoms with E-state index in [9.17, 15) is 14.0 Å². The fourth-order valence-electron chi connectivity index (χ4n) is 4.77. The van der Waals surface area contributed by atoms with Gasteiger partial charge in [0.15, 0.2) is 5.82 Å². The fraction of sp³-hybridized carbons (Fsp3) is 0.308. The first-order valence-electron chi connectivity index (χ1n) is 11.7. The van der Waals surface area contributed by atoms with Gasteiger partial charge in [-0.2, -0.15) is 10.2 Å². The maximum Gasteiger partial charge on any atom is 0.290 e. The highest BCUT2D eigenvalue weighted by molar-refractivity contribution is 5.99. The Balaban J connectivity index is 1.43. The number of carbonyl (C=O) groups is 1. The predicted molar refractivity (Wildman–Crippen MR) is 133 cm³/mol. The molecule has 1 amide bonds. The lowest BCUT2D eigenvalue weighted by atomic mass is 10.0. The molecule has 5 rings (SSSR count). The minimum atomic E-state index is -1.07. The molecule has 2 aromatic heterocycles. The second-order valence-electron chi connectivity index (χ2n) is 9.17. The number of hydrogen-bond donors (Lipinski definition) is 3. The van der Waals surface area contributed by atoms with Crippen molar-refractivity contribution in [1.82, 2.24) is 25.3 Å². The van der Waals surface area contributed by atoms with Crippen molar-refractivity contribution < 1.29 is 9.18 Å². The summed E-state index contributed by atoms with van der Waals surface area (Å²) >= 11 is 0. The van der Waals surface area contributed by atoms with Gasteiger partial charge < -0.3 is 11.1 Å². The van der Waals surface area contributed by atoms with Crippen LogP contribution in [0.5, 0.6) is 0 Å². The predicted octanol–water partition coefficient (Wildman–Crippen LogP) is 3.98. The van der Waals surface area contributed by atoms with Gasteiger partial charge in [0, 0.05) is 17.7 Å². The molecule has 0 spiro atoms. The smallest absolute Gasteiger partial charge is 0.290 e. The maximum atomic E-state index is 14.6. The SMILES string of the molecule is Cc1ccc(C)c(C(=O)NCc2ccc(-c3nn([C@H]4CCC[C@H]4F)c4c(=O)[nH]nc(N)c34)cc2)c1. The highest BCUT2D eigenvalue weighted by atomic mass is 19.1. The number of alkyl halides is 1. The van der Waals surface area contributed by atoms with Crippen molar-refractivity contribution in [3.63, 3.8) is 0 Å². The van der Waals surface area contributed by atoms with Gasteiger partial charge in [0.25, 0.3) is 11.5 Å². The van der Waals surface area contributed by atoms with Gasteiger partial charge in [-0.05, 0) is 50.3 Å². The molecule has 180 valence electrons. The van der Waals surface area contributed by atoms with Crippen molar-refractivity contribution in [3.8, 4) is 11.3 Å². The highest BCUT2D eigenvalue weighted by Crippen LogP contribution is 2.37. The summed E-state index contributed by atoms with van der Waals surface area (Å²) in [5, 5.41) is 14.3. The van der Waals surface area contributed by atoms with E-state index >= 15 is 0 Å². The fourth-order valence-corrected chi connectivity index (χ4v) is 4.77. The van der Waals surface area contributed by atoms with Crippen molar-refractivity contribution in [1.29, 1.82) is 0 Å². The molecule has 1 aliphatic carbocycles. The summed E-state index contributed by atoms with van der Waals surface area (Å²) in [6, 6.07) is 12.8. The van der Waals surface area contributed by atoms with E-state index in [0.29, 0.717) is 36.0 Å². The van der Waals surface area contributed by atoms with Crippen LogP contribution in [-0.4, -0.2) is 32.1 Å². The molecule has 2 aromatic carbocycles. The molecule has 0 aliphatic heterocycles. The van der Waals surface area contributed by atoms with Gasteiger partial charge in [0.1, 0.15) is 17.4 Å². The number of nitrogen functional groups attached to an aromatic ring is 1. The molecular formula is C26H27FN6O2. The van der Waals surface area contributed by atoms with E-state index in [4.69, 9.17) is 5.73 Å². The molecule has 2 heterocycles. The van der Waals surface area contributed by atoms with E-state index in [1.165, 1.54) is 4.68 Å². The zero-order valence-corrected chi connectivity index (χ0v) is 19.6. The van der Waals surface area contributed by atoms with Crippen molar-refractivity contribution in [3.05, 3.63) is 75.1 Å². The van der Waals surface area contributed by atoms with Crippen LogP contribution in [0.2, 0.25) is 0 Å². The Kier molecular flexibility index (Phi) is 5.84. The van der Waals surface area contributed by atoms with Gasteiger partial charge >= 0.3 is 0 Å². The quantitative estimate of drug-likeness (QED) is 0.404. The summed E-state index contributed by atoms with van der Waals surface area (Å²) in [4.78, 5) is 25.3. The number of amides is 1. The van der Waals surface area contributed by atoms with E-state index in [0.717, 1.165) is 28.7 Å². The minimum absolute atomic E-state index is 0.129. The molecule has 0 unspecified atom stereocenters. The average molecular weight is 475 g/mol. The first-order valence-corrected chi connectivity index (χ1v) is 11.7. The standard InChI is InChI=1S/C26H27FN6O2/c1-14-6-7-15(2)18(12-14)25(34)29-13-16-8-10-17(11-9-16)22-21-23(26(35)31-30-24(21)28)33(32-22)20-5-3-4-19(20)27/h6-12,19-20H,3-5,13H2,1-2H3,(H2,28,30)(H,29,34)(H,31,35)/t19-,20+/m1/s1. The van der Waals surface area contributed by atoms with Crippen LogP contribution in [0.3, 0.4) is 0 Å². The largest absolute Gasteiger partial charge is 0.382 e. The van der Waals surface area contributed by atoms with E-state index in [1.54, 1.807) is 0 Å². The number of rotatable bonds is 5. The Bertz CT molecular complexity index is 1470. The monoisotopic (exact) mass is 474 g/mol. The van der Waals surface area contributed by atoms with E-state index in [1.807, 2.05) is 56.3 Å². The number of aromatic amines is 1. The van der Waals surface area contributed by atoms with E-state index < -0.39 is 17.8 Å². The average Bonchev–Trinajstić information content (AvgIpc) is 3.46. The van der Waals surface area contributed by atoms with Crippen LogP contribution in [0.25, 0.3) is 22.2 Å². The molecule has 4 N–H and O–H groups in total. The third-order valence-corrected chi connectivity index (χ3v) is 6.69. The second kappa shape index (κ2) is 8.98. The molecule has 2 atom stereocenters. The van der Waals surface area contributed by atoms with Crippen molar-refractivity contribution in [2.45, 2.75) is 51.9 Å². The Morgan fingerprint density at radius 1 is 1.20 bits per heavy atom. The van der Waals surface area contributed by atoms with Gasteiger partial charge in [-0.1, -0.05) is 42.0 Å². The van der Waals surface area contributed by atoms with Crippen LogP contribution in [0, 0.1) is 13.8 Å². The number of nitrogens with zero attached hydrogens (tertiary/aromatic N) is 3. The number of carbonyl (C=O) groups excluding carboxylic acids is 1. The molecule has 4 aromatic rings. The Labute approximate surface area is 201 Å². The summed E-state index contributed by atoms with van der Waals surface area (Å²) in [5.41, 5.74) is 10.6. The Hall–Kier alpha value is -4.01. The maximum absolute atomic E-state index is 14.6. The zero-order valence-electron chi connectivity index (χ0n) is 19.6. The summed E-state index contributed by atoms with van der Waals surface area (Å²) < 4.78 is 16.0. The number of aromatic nitrogens is 4. The number of anilines is 1. The second-order valence-corrected chi connectivity index (χ2v) is 9.17. The summed E-state index contributed by atoms with van der Waals surface area (Å²) in [5.74, 6) is 0.00884. The van der Waals surface area contributed by atoms with Crippen LogP contribution in [0.1, 0.15) is 52.4 Å². The molecule has 1 aliphatic rings. The molecule has 1 fully saturated rings. The zero-order chi connectivity index (χ0) is 24.7. The van der Waals surface area contributed by atoms with E-state index in [2.05, 4.69) is 20.6 Å². The van der Waals surface area contributed by atoms with Gasteiger partial charge in [-0.15, -0.1) is 0 Å². The molecule has 0 radical (unpaired) electrons. The summed E-state index contributed by atoms with van der Waals surface area (Å²) in [7, 11) is 0. The topological polar surface area (TPSA) is 119 Å². The number of nitrogens with two attached hydrogens (primary N) is 1. The van der Waals surface area contributed by atoms with Gasteiger partial charge in [-0.3, -0.25) is 14.3 Å². The van der Waals surface area contributed by atoms with Gasteiger partial charge in [-0.25, -0.2) is 9.49 Å². The third-order valence-electron chi connectivity index (χ3n) is 6.69. The first kappa shape index (κ1) is 22.8. The number of nitrogens with one attached hydrogen (secondary N) is 2. The summed E-state index contributed by atoms with van der Waals surface area (Å²) in [6.07, 6.45) is 0.729. The highest BCUT2D eigenvalue weighted by Gasteiger charge is 2.32. The molecule has 9 heteroatoms. The lowest BCUT2D eigenvalue weighted by molar-refractivity contribution is 0.0950.